The van der Waals surface area contributed by atoms with Gasteiger partial charge < -0.3 is 4.90 Å². The quantitative estimate of drug-likeness (QED) is 0.520. The Bertz CT molecular complexity index is 808. The third-order valence-corrected chi connectivity index (χ3v) is 4.48. The van der Waals surface area contributed by atoms with Gasteiger partial charge in [0.05, 0.1) is 0 Å². The van der Waals surface area contributed by atoms with Crippen molar-refractivity contribution in [3.05, 3.63) is 88.5 Å². The van der Waals surface area contributed by atoms with Gasteiger partial charge in [0.25, 0.3) is 0 Å². The first kappa shape index (κ1) is 16.3. The molecule has 0 aliphatic rings. The van der Waals surface area contributed by atoms with Gasteiger partial charge in [-0.05, 0) is 70.0 Å². The summed E-state index contributed by atoms with van der Waals surface area (Å²) in [6.45, 7) is 10.8. The topological polar surface area (TPSA) is 3.24 Å². The highest BCUT2D eigenvalue weighted by Gasteiger charge is 2.16. The first-order chi connectivity index (χ1) is 11.5. The van der Waals surface area contributed by atoms with Gasteiger partial charge in [-0.2, -0.15) is 0 Å². The van der Waals surface area contributed by atoms with Gasteiger partial charge in [-0.1, -0.05) is 53.1 Å². The summed E-state index contributed by atoms with van der Waals surface area (Å²) in [6, 6.07) is 22.1. The molecule has 0 atom stereocenters. The molecule has 0 aliphatic heterocycles. The number of aryl methyl sites for hydroxylation is 5. The summed E-state index contributed by atoms with van der Waals surface area (Å²) >= 11 is 0. The maximum Gasteiger partial charge on any atom is 0.0491 e. The molecule has 0 N–H and O–H groups in total. The number of hydrogen-bond donors (Lipinski definition) is 0. The first-order valence-corrected chi connectivity index (χ1v) is 8.47. The second-order valence-electron chi connectivity index (χ2n) is 6.75. The molecule has 0 aliphatic carbocycles. The zero-order valence-corrected chi connectivity index (χ0v) is 15.2. The summed E-state index contributed by atoms with van der Waals surface area (Å²) in [7, 11) is 0. The average molecular weight is 315 g/mol. The van der Waals surface area contributed by atoms with E-state index in [1.807, 2.05) is 0 Å². The van der Waals surface area contributed by atoms with Crippen LogP contribution in [0.2, 0.25) is 0 Å². The summed E-state index contributed by atoms with van der Waals surface area (Å²) < 4.78 is 0. The number of nitrogens with zero attached hydrogens (tertiary/aromatic N) is 1. The second-order valence-corrected chi connectivity index (χ2v) is 6.75. The predicted octanol–water partition coefficient (Wildman–Crippen LogP) is 6.70. The number of anilines is 3. The third-order valence-electron chi connectivity index (χ3n) is 4.48. The van der Waals surface area contributed by atoms with Crippen molar-refractivity contribution in [2.45, 2.75) is 34.6 Å². The Hall–Kier alpha value is -2.54. The van der Waals surface area contributed by atoms with Gasteiger partial charge in [-0.15, -0.1) is 0 Å². The molecule has 24 heavy (non-hydrogen) atoms. The smallest absolute Gasteiger partial charge is 0.0491 e. The third kappa shape index (κ3) is 3.21. The lowest BCUT2D eigenvalue weighted by Gasteiger charge is -2.29. The highest BCUT2D eigenvalue weighted by molar-refractivity contribution is 5.80. The van der Waals surface area contributed by atoms with E-state index in [-0.39, 0.29) is 0 Å². The summed E-state index contributed by atoms with van der Waals surface area (Å²) in [5.74, 6) is 0. The van der Waals surface area contributed by atoms with Crippen LogP contribution in [0.5, 0.6) is 0 Å². The molecule has 0 aromatic heterocycles. The number of benzene rings is 3. The highest BCUT2D eigenvalue weighted by Crippen LogP contribution is 2.38. The van der Waals surface area contributed by atoms with Gasteiger partial charge in [0.1, 0.15) is 0 Å². The molecular formula is C23H25N. The predicted molar refractivity (Wildman–Crippen MR) is 105 cm³/mol. The largest absolute Gasteiger partial charge is 0.310 e. The maximum absolute atomic E-state index is 2.36. The zero-order valence-electron chi connectivity index (χ0n) is 15.2. The Morgan fingerprint density at radius 1 is 0.500 bits per heavy atom. The molecule has 0 amide bonds. The lowest BCUT2D eigenvalue weighted by atomic mass is 10.0. The van der Waals surface area contributed by atoms with Crippen LogP contribution in [0.25, 0.3) is 0 Å². The molecule has 3 rings (SSSR count). The van der Waals surface area contributed by atoms with E-state index in [9.17, 15) is 0 Å². The summed E-state index contributed by atoms with van der Waals surface area (Å²) in [4.78, 5) is 2.36. The molecule has 122 valence electrons. The molecule has 3 aromatic carbocycles. The number of rotatable bonds is 3. The van der Waals surface area contributed by atoms with Crippen LogP contribution in [0.4, 0.5) is 17.1 Å². The minimum atomic E-state index is 1.19. The van der Waals surface area contributed by atoms with Crippen molar-refractivity contribution in [3.8, 4) is 0 Å². The zero-order chi connectivity index (χ0) is 17.3. The Morgan fingerprint density at radius 2 is 0.917 bits per heavy atom. The monoisotopic (exact) mass is 315 g/mol. The molecule has 0 saturated heterocycles. The molecule has 0 radical (unpaired) electrons. The summed E-state index contributed by atoms with van der Waals surface area (Å²) in [6.07, 6.45) is 0. The van der Waals surface area contributed by atoms with Gasteiger partial charge in [0.2, 0.25) is 0 Å². The van der Waals surface area contributed by atoms with Crippen molar-refractivity contribution in [2.75, 3.05) is 4.90 Å². The van der Waals surface area contributed by atoms with Crippen LogP contribution < -0.4 is 4.90 Å². The molecule has 0 spiro atoms. The average Bonchev–Trinajstić information content (AvgIpc) is 2.53. The van der Waals surface area contributed by atoms with Crippen molar-refractivity contribution in [2.24, 2.45) is 0 Å². The van der Waals surface area contributed by atoms with Crippen LogP contribution >= 0.6 is 0 Å². The Morgan fingerprint density at radius 3 is 1.33 bits per heavy atom. The van der Waals surface area contributed by atoms with Crippen molar-refractivity contribution < 1.29 is 0 Å². The van der Waals surface area contributed by atoms with Crippen molar-refractivity contribution >= 4 is 17.1 Å². The SMILES string of the molecule is Cc1ccc(N(c2ccc(C)cc2C)c2ccc(C)cc2C)cc1. The van der Waals surface area contributed by atoms with Gasteiger partial charge in [0, 0.05) is 17.1 Å². The summed E-state index contributed by atoms with van der Waals surface area (Å²) in [5.41, 5.74) is 10.1. The fourth-order valence-corrected chi connectivity index (χ4v) is 3.21. The molecule has 0 fully saturated rings. The highest BCUT2D eigenvalue weighted by atomic mass is 15.1. The van der Waals surface area contributed by atoms with E-state index >= 15 is 0 Å². The van der Waals surface area contributed by atoms with E-state index in [0.29, 0.717) is 0 Å². The Labute approximate surface area is 145 Å². The minimum Gasteiger partial charge on any atom is -0.310 e. The minimum absolute atomic E-state index is 1.19. The van der Waals surface area contributed by atoms with E-state index in [4.69, 9.17) is 0 Å². The van der Waals surface area contributed by atoms with Gasteiger partial charge in [-0.3, -0.25) is 0 Å². The molecule has 3 aromatic rings. The van der Waals surface area contributed by atoms with Gasteiger partial charge in [0.15, 0.2) is 0 Å². The van der Waals surface area contributed by atoms with E-state index in [1.165, 1.54) is 44.9 Å². The molecule has 1 nitrogen and oxygen atoms in total. The lowest BCUT2D eigenvalue weighted by Crippen LogP contribution is -2.12. The summed E-state index contributed by atoms with van der Waals surface area (Å²) in [5, 5.41) is 0. The normalized spacial score (nSPS) is 10.7. The molecule has 0 heterocycles. The van der Waals surface area contributed by atoms with E-state index < -0.39 is 0 Å². The van der Waals surface area contributed by atoms with E-state index in [2.05, 4.69) is 100 Å². The van der Waals surface area contributed by atoms with Gasteiger partial charge >= 0.3 is 0 Å². The second kappa shape index (κ2) is 6.52. The standard InChI is InChI=1S/C23H25N/c1-16-6-10-21(11-7-16)24(22-12-8-17(2)14-19(22)4)23-13-9-18(3)15-20(23)5/h6-15H,1-5H3. The maximum atomic E-state index is 2.36. The van der Waals surface area contributed by atoms with Gasteiger partial charge in [-0.25, -0.2) is 0 Å². The molecule has 0 saturated carbocycles. The fourth-order valence-electron chi connectivity index (χ4n) is 3.21. The number of hydrogen-bond acceptors (Lipinski definition) is 1. The van der Waals surface area contributed by atoms with Crippen molar-refractivity contribution in [3.63, 3.8) is 0 Å². The molecule has 1 heteroatoms. The van der Waals surface area contributed by atoms with Crippen LogP contribution in [-0.2, 0) is 0 Å². The molecular weight excluding hydrogens is 290 g/mol. The van der Waals surface area contributed by atoms with E-state index in [0.717, 1.165) is 0 Å². The van der Waals surface area contributed by atoms with E-state index in [1.54, 1.807) is 0 Å². The van der Waals surface area contributed by atoms with Crippen LogP contribution in [0.1, 0.15) is 27.8 Å². The lowest BCUT2D eigenvalue weighted by molar-refractivity contribution is 1.21. The van der Waals surface area contributed by atoms with Crippen LogP contribution in [-0.4, -0.2) is 0 Å². The van der Waals surface area contributed by atoms with Crippen LogP contribution in [0.3, 0.4) is 0 Å². The van der Waals surface area contributed by atoms with Crippen LogP contribution in [0, 0.1) is 34.6 Å². The van der Waals surface area contributed by atoms with Crippen molar-refractivity contribution in [1.29, 1.82) is 0 Å². The fraction of sp³-hybridized carbons (Fsp3) is 0.217. The Balaban J connectivity index is 2.22. The molecule has 0 bridgehead atoms. The molecule has 0 unspecified atom stereocenters. The Kier molecular flexibility index (Phi) is 4.44. The first-order valence-electron chi connectivity index (χ1n) is 8.47. The van der Waals surface area contributed by atoms with Crippen molar-refractivity contribution in [1.82, 2.24) is 0 Å². The van der Waals surface area contributed by atoms with Crippen LogP contribution in [0.15, 0.2) is 60.7 Å².